The van der Waals surface area contributed by atoms with Crippen LogP contribution in [0.2, 0.25) is 0 Å². The summed E-state index contributed by atoms with van der Waals surface area (Å²) in [7, 11) is -0.512. The molecule has 1 aliphatic rings. The molecule has 27 heavy (non-hydrogen) atoms. The van der Waals surface area contributed by atoms with Crippen molar-refractivity contribution < 1.29 is 12.8 Å². The van der Waals surface area contributed by atoms with Crippen molar-refractivity contribution in [3.8, 4) is 17.5 Å². The molecule has 0 radical (unpaired) electrons. The van der Waals surface area contributed by atoms with Crippen molar-refractivity contribution >= 4 is 15.9 Å². The Morgan fingerprint density at radius 1 is 1.19 bits per heavy atom. The van der Waals surface area contributed by atoms with Crippen LogP contribution in [-0.4, -0.2) is 44.9 Å². The summed E-state index contributed by atoms with van der Waals surface area (Å²) in [6, 6.07) is 8.45. The van der Waals surface area contributed by atoms with Gasteiger partial charge in [-0.05, 0) is 42.5 Å². The molecule has 1 aromatic carbocycles. The number of anilines is 1. The van der Waals surface area contributed by atoms with Gasteiger partial charge in [0.1, 0.15) is 6.07 Å². The molecule has 0 spiro atoms. The van der Waals surface area contributed by atoms with Crippen molar-refractivity contribution in [3.05, 3.63) is 30.0 Å². The molecule has 1 saturated heterocycles. The molecule has 2 atom stereocenters. The van der Waals surface area contributed by atoms with Gasteiger partial charge in [0.25, 0.3) is 0 Å². The molecule has 0 unspecified atom stereocenters. The second-order valence-corrected chi connectivity index (χ2v) is 9.60. The first-order valence-corrected chi connectivity index (χ1v) is 10.3. The Bertz CT molecular complexity index is 948. The van der Waals surface area contributed by atoms with Crippen molar-refractivity contribution in [2.45, 2.75) is 25.2 Å². The van der Waals surface area contributed by atoms with E-state index in [1.54, 1.807) is 12.1 Å². The Labute approximate surface area is 160 Å². The quantitative estimate of drug-likeness (QED) is 0.800. The molecule has 7 nitrogen and oxygen atoms in total. The third-order valence-electron chi connectivity index (χ3n) is 4.75. The predicted molar refractivity (Wildman–Crippen MR) is 103 cm³/mol. The molecule has 8 heteroatoms. The first-order valence-electron chi connectivity index (χ1n) is 8.91. The molecule has 0 bridgehead atoms. The Balaban J connectivity index is 1.93. The van der Waals surface area contributed by atoms with Crippen LogP contribution >= 0.6 is 0 Å². The summed E-state index contributed by atoms with van der Waals surface area (Å²) in [4.78, 5) is 6.60. The van der Waals surface area contributed by atoms with Gasteiger partial charge in [0.15, 0.2) is 0 Å². The summed E-state index contributed by atoms with van der Waals surface area (Å²) in [6.45, 7) is 6.03. The Kier molecular flexibility index (Phi) is 5.27. The van der Waals surface area contributed by atoms with Gasteiger partial charge in [-0.15, -0.1) is 0 Å². The third-order valence-corrected chi connectivity index (χ3v) is 6.58. The highest BCUT2D eigenvalue weighted by molar-refractivity contribution is 7.89. The van der Waals surface area contributed by atoms with E-state index in [0.717, 1.165) is 23.8 Å². The molecule has 0 amide bonds. The van der Waals surface area contributed by atoms with Crippen molar-refractivity contribution in [1.29, 1.82) is 5.26 Å². The van der Waals surface area contributed by atoms with E-state index in [-0.39, 0.29) is 10.6 Å². The van der Waals surface area contributed by atoms with E-state index in [1.807, 2.05) is 0 Å². The van der Waals surface area contributed by atoms with Crippen LogP contribution in [0.5, 0.6) is 0 Å². The Morgan fingerprint density at radius 3 is 2.30 bits per heavy atom. The van der Waals surface area contributed by atoms with Crippen LogP contribution in [0.25, 0.3) is 11.5 Å². The molecule has 1 fully saturated rings. The van der Waals surface area contributed by atoms with Crippen molar-refractivity contribution in [2.24, 2.45) is 11.8 Å². The number of sulfonamides is 1. The summed E-state index contributed by atoms with van der Waals surface area (Å²) < 4.78 is 31.5. The zero-order chi connectivity index (χ0) is 19.8. The van der Waals surface area contributed by atoms with Crippen molar-refractivity contribution in [1.82, 2.24) is 9.29 Å². The topological polar surface area (TPSA) is 90.4 Å². The highest BCUT2D eigenvalue weighted by atomic mass is 32.2. The number of hydrogen-bond donors (Lipinski definition) is 0. The number of nitriles is 1. The molecule has 1 aromatic heterocycles. The summed E-state index contributed by atoms with van der Waals surface area (Å²) in [5.74, 6) is 1.85. The largest absolute Gasteiger partial charge is 0.419 e. The maximum absolute atomic E-state index is 12.2. The van der Waals surface area contributed by atoms with Crippen LogP contribution < -0.4 is 4.90 Å². The molecule has 2 heterocycles. The van der Waals surface area contributed by atoms with E-state index in [1.165, 1.54) is 26.2 Å². The lowest BCUT2D eigenvalue weighted by Gasteiger charge is -2.34. The predicted octanol–water partition coefficient (Wildman–Crippen LogP) is 2.95. The highest BCUT2D eigenvalue weighted by Gasteiger charge is 2.28. The summed E-state index contributed by atoms with van der Waals surface area (Å²) >= 11 is 0. The van der Waals surface area contributed by atoms with E-state index in [0.29, 0.717) is 29.2 Å². The minimum atomic E-state index is -3.49. The zero-order valence-corrected chi connectivity index (χ0v) is 16.8. The van der Waals surface area contributed by atoms with Crippen LogP contribution in [0.4, 0.5) is 5.88 Å². The van der Waals surface area contributed by atoms with Crippen LogP contribution in [0.15, 0.2) is 33.6 Å². The van der Waals surface area contributed by atoms with E-state index in [2.05, 4.69) is 29.8 Å². The van der Waals surface area contributed by atoms with Crippen LogP contribution in [0, 0.1) is 23.2 Å². The minimum absolute atomic E-state index is 0.196. The average Bonchev–Trinajstić information content (AvgIpc) is 3.05. The van der Waals surface area contributed by atoms with Crippen molar-refractivity contribution in [2.75, 3.05) is 32.1 Å². The number of piperidine rings is 1. The van der Waals surface area contributed by atoms with Gasteiger partial charge < -0.3 is 9.32 Å². The van der Waals surface area contributed by atoms with Gasteiger partial charge in [0, 0.05) is 32.7 Å². The van der Waals surface area contributed by atoms with Gasteiger partial charge in [-0.2, -0.15) is 10.2 Å². The fourth-order valence-corrected chi connectivity index (χ4v) is 4.43. The van der Waals surface area contributed by atoms with Crippen molar-refractivity contribution in [3.63, 3.8) is 0 Å². The summed E-state index contributed by atoms with van der Waals surface area (Å²) in [5, 5.41) is 9.47. The van der Waals surface area contributed by atoms with E-state index < -0.39 is 10.0 Å². The maximum Gasteiger partial charge on any atom is 0.242 e. The molecular formula is C19H24N4O3S. The molecule has 144 valence electrons. The van der Waals surface area contributed by atoms with Gasteiger partial charge in [-0.3, -0.25) is 0 Å². The number of hydrogen-bond acceptors (Lipinski definition) is 6. The number of rotatable bonds is 4. The normalized spacial score (nSPS) is 20.7. The lowest BCUT2D eigenvalue weighted by molar-refractivity contribution is 0.344. The average molecular weight is 388 g/mol. The second-order valence-electron chi connectivity index (χ2n) is 7.45. The molecule has 1 aliphatic heterocycles. The van der Waals surface area contributed by atoms with Gasteiger partial charge in [0.05, 0.1) is 4.90 Å². The SMILES string of the molecule is C[C@@H]1C[C@H](C)CN(c2oc(-c3ccc(S(=O)(=O)N(C)C)cc3)nc2C#N)C1. The van der Waals surface area contributed by atoms with Crippen LogP contribution in [0.3, 0.4) is 0 Å². The molecular weight excluding hydrogens is 364 g/mol. The number of benzene rings is 1. The summed E-state index contributed by atoms with van der Waals surface area (Å²) in [6.07, 6.45) is 1.15. The molecule has 0 N–H and O–H groups in total. The molecule has 0 aliphatic carbocycles. The zero-order valence-electron chi connectivity index (χ0n) is 16.0. The van der Waals surface area contributed by atoms with Crippen LogP contribution in [0.1, 0.15) is 26.0 Å². The molecule has 2 aromatic rings. The third kappa shape index (κ3) is 3.84. The van der Waals surface area contributed by atoms with Gasteiger partial charge in [0.2, 0.25) is 27.5 Å². The Hall–Kier alpha value is -2.37. The van der Waals surface area contributed by atoms with Gasteiger partial charge in [-0.1, -0.05) is 13.8 Å². The van der Waals surface area contributed by atoms with Crippen LogP contribution in [-0.2, 0) is 10.0 Å². The second kappa shape index (κ2) is 7.33. The smallest absolute Gasteiger partial charge is 0.242 e. The minimum Gasteiger partial charge on any atom is -0.419 e. The molecule has 0 saturated carbocycles. The standard InChI is InChI=1S/C19H24N4O3S/c1-13-9-14(2)12-23(11-13)19-17(10-20)21-18(26-19)15-5-7-16(8-6-15)27(24,25)22(3)4/h5-8,13-14H,9,11-12H2,1-4H3/t13-,14+. The fourth-order valence-electron chi connectivity index (χ4n) is 3.53. The van der Waals surface area contributed by atoms with E-state index in [9.17, 15) is 13.7 Å². The first kappa shape index (κ1) is 19.4. The first-order chi connectivity index (χ1) is 12.7. The lowest BCUT2D eigenvalue weighted by Crippen LogP contribution is -2.38. The number of nitrogens with zero attached hydrogens (tertiary/aromatic N) is 4. The lowest BCUT2D eigenvalue weighted by atomic mass is 9.92. The van der Waals surface area contributed by atoms with E-state index >= 15 is 0 Å². The van der Waals surface area contributed by atoms with E-state index in [4.69, 9.17) is 4.42 Å². The number of oxazole rings is 1. The van der Waals surface area contributed by atoms with Gasteiger partial charge in [-0.25, -0.2) is 12.7 Å². The monoisotopic (exact) mass is 388 g/mol. The van der Waals surface area contributed by atoms with Gasteiger partial charge >= 0.3 is 0 Å². The number of aromatic nitrogens is 1. The summed E-state index contributed by atoms with van der Waals surface area (Å²) in [5.41, 5.74) is 0.893. The highest BCUT2D eigenvalue weighted by Crippen LogP contribution is 2.32. The Morgan fingerprint density at radius 2 is 1.78 bits per heavy atom. The fraction of sp³-hybridized carbons (Fsp3) is 0.474. The maximum atomic E-state index is 12.2. The molecule has 3 rings (SSSR count).